The van der Waals surface area contributed by atoms with Crippen LogP contribution in [0.3, 0.4) is 0 Å². The second-order valence-corrected chi connectivity index (χ2v) is 8.54. The van der Waals surface area contributed by atoms with Crippen LogP contribution in [-0.2, 0) is 0 Å². The van der Waals surface area contributed by atoms with E-state index in [1.54, 1.807) is 0 Å². The number of benzene rings is 3. The number of rotatable bonds is 7. The number of likely N-dealkylation sites (N-methyl/N-ethyl adjacent to an activating group) is 1. The summed E-state index contributed by atoms with van der Waals surface area (Å²) >= 11 is 1.53. The van der Waals surface area contributed by atoms with Gasteiger partial charge in [0.05, 0.1) is 44.0 Å². The van der Waals surface area contributed by atoms with Gasteiger partial charge in [-0.15, -0.1) is 0 Å². The van der Waals surface area contributed by atoms with Gasteiger partial charge in [-0.05, 0) is 48.0 Å². The number of fused-ring (bicyclic) bond motifs is 2. The van der Waals surface area contributed by atoms with Crippen molar-refractivity contribution in [1.29, 1.82) is 0 Å². The zero-order valence-corrected chi connectivity index (χ0v) is 18.3. The molecule has 0 radical (unpaired) electrons. The molecule has 3 aromatic carbocycles. The summed E-state index contributed by atoms with van der Waals surface area (Å²) in [6.45, 7) is 4.02. The molecule has 0 aliphatic carbocycles. The third-order valence-electron chi connectivity index (χ3n) is 4.97. The van der Waals surface area contributed by atoms with E-state index in [2.05, 4.69) is 20.2 Å². The number of carbonyl (C=O) groups is 1. The van der Waals surface area contributed by atoms with Crippen molar-refractivity contribution in [2.45, 2.75) is 6.92 Å². The number of hydrogen-bond donors (Lipinski definition) is 1. The standard InChI is InChI=1S/C24H25N3O2S/c1-4-29-20-11-12-21-22(16-20)30-24(25-21)27(14-13-26(2)3)23(28)19-10-9-17-7-5-6-8-18(17)15-19/h5-12,15-16H,4,13-14H2,1-3H3/p+1. The molecule has 0 saturated heterocycles. The summed E-state index contributed by atoms with van der Waals surface area (Å²) in [5.41, 5.74) is 1.56. The Morgan fingerprint density at radius 1 is 1.07 bits per heavy atom. The van der Waals surface area contributed by atoms with Crippen molar-refractivity contribution in [3.8, 4) is 5.75 Å². The van der Waals surface area contributed by atoms with Crippen LogP contribution in [0.5, 0.6) is 5.75 Å². The van der Waals surface area contributed by atoms with Crippen molar-refractivity contribution in [3.63, 3.8) is 0 Å². The molecule has 0 aliphatic heterocycles. The second-order valence-electron chi connectivity index (χ2n) is 7.53. The topological polar surface area (TPSA) is 46.9 Å². The summed E-state index contributed by atoms with van der Waals surface area (Å²) in [6.07, 6.45) is 0. The number of ether oxygens (including phenoxy) is 1. The fraction of sp³-hybridized carbons (Fsp3) is 0.250. The Balaban J connectivity index is 1.71. The lowest BCUT2D eigenvalue weighted by Gasteiger charge is -2.21. The average Bonchev–Trinajstić information content (AvgIpc) is 3.16. The number of hydrogen-bond acceptors (Lipinski definition) is 4. The number of nitrogens with one attached hydrogen (secondary N) is 1. The number of aromatic nitrogens is 1. The van der Waals surface area contributed by atoms with E-state index >= 15 is 0 Å². The molecule has 5 nitrogen and oxygen atoms in total. The first kappa shape index (κ1) is 20.3. The highest BCUT2D eigenvalue weighted by Crippen LogP contribution is 2.32. The average molecular weight is 421 g/mol. The van der Waals surface area contributed by atoms with Crippen molar-refractivity contribution in [3.05, 3.63) is 66.2 Å². The predicted octanol–water partition coefficient (Wildman–Crippen LogP) is 3.64. The summed E-state index contributed by atoms with van der Waals surface area (Å²) in [5.74, 6) is 0.802. The second kappa shape index (κ2) is 8.81. The Labute approximate surface area is 180 Å². The van der Waals surface area contributed by atoms with Gasteiger partial charge in [0.15, 0.2) is 5.13 Å². The zero-order chi connectivity index (χ0) is 21.1. The van der Waals surface area contributed by atoms with E-state index in [4.69, 9.17) is 9.72 Å². The summed E-state index contributed by atoms with van der Waals surface area (Å²) in [6, 6.07) is 19.8. The van der Waals surface area contributed by atoms with Crippen LogP contribution < -0.4 is 14.5 Å². The molecule has 1 heterocycles. The van der Waals surface area contributed by atoms with E-state index in [0.29, 0.717) is 18.7 Å². The van der Waals surface area contributed by atoms with Gasteiger partial charge >= 0.3 is 0 Å². The van der Waals surface area contributed by atoms with E-state index in [1.807, 2.05) is 66.4 Å². The Hall–Kier alpha value is -2.96. The van der Waals surface area contributed by atoms with E-state index in [9.17, 15) is 4.79 Å². The number of amides is 1. The molecule has 30 heavy (non-hydrogen) atoms. The minimum absolute atomic E-state index is 0.0221. The van der Waals surface area contributed by atoms with Crippen LogP contribution in [0, 0.1) is 0 Å². The smallest absolute Gasteiger partial charge is 0.260 e. The van der Waals surface area contributed by atoms with Crippen LogP contribution in [0.25, 0.3) is 21.0 Å². The molecule has 0 atom stereocenters. The van der Waals surface area contributed by atoms with Gasteiger partial charge in [0.1, 0.15) is 5.75 Å². The maximum Gasteiger partial charge on any atom is 0.260 e. The highest BCUT2D eigenvalue weighted by molar-refractivity contribution is 7.22. The first-order valence-corrected chi connectivity index (χ1v) is 11.0. The fourth-order valence-corrected chi connectivity index (χ4v) is 4.38. The third kappa shape index (κ3) is 4.30. The normalized spacial score (nSPS) is 11.3. The van der Waals surface area contributed by atoms with E-state index in [0.717, 1.165) is 38.4 Å². The van der Waals surface area contributed by atoms with Gasteiger partial charge < -0.3 is 9.64 Å². The minimum atomic E-state index is -0.0221. The maximum atomic E-state index is 13.5. The van der Waals surface area contributed by atoms with Gasteiger partial charge in [0.25, 0.3) is 5.91 Å². The first-order valence-electron chi connectivity index (χ1n) is 10.2. The molecule has 0 bridgehead atoms. The summed E-state index contributed by atoms with van der Waals surface area (Å²) < 4.78 is 6.63. The summed E-state index contributed by atoms with van der Waals surface area (Å²) in [7, 11) is 4.18. The van der Waals surface area contributed by atoms with Gasteiger partial charge in [-0.2, -0.15) is 0 Å². The van der Waals surface area contributed by atoms with Crippen LogP contribution in [0.1, 0.15) is 17.3 Å². The monoisotopic (exact) mass is 420 g/mol. The molecule has 4 aromatic rings. The van der Waals surface area contributed by atoms with Crippen LogP contribution >= 0.6 is 11.3 Å². The molecule has 0 saturated carbocycles. The zero-order valence-electron chi connectivity index (χ0n) is 17.5. The van der Waals surface area contributed by atoms with Crippen LogP contribution in [0.4, 0.5) is 5.13 Å². The molecular formula is C24H26N3O2S+. The Morgan fingerprint density at radius 2 is 1.87 bits per heavy atom. The van der Waals surface area contributed by atoms with Crippen molar-refractivity contribution in [1.82, 2.24) is 4.98 Å². The highest BCUT2D eigenvalue weighted by atomic mass is 32.1. The molecule has 1 aromatic heterocycles. The summed E-state index contributed by atoms with van der Waals surface area (Å²) in [5, 5.41) is 2.91. The number of carbonyl (C=O) groups excluding carboxylic acids is 1. The molecule has 0 aliphatic rings. The Bertz CT molecular complexity index is 1190. The SMILES string of the molecule is CCOc1ccc2nc(N(CC[NH+](C)C)C(=O)c3ccc4ccccc4c3)sc2c1. The minimum Gasteiger partial charge on any atom is -0.494 e. The molecule has 0 unspecified atom stereocenters. The number of thiazole rings is 1. The van der Waals surface area contributed by atoms with Gasteiger partial charge in [0, 0.05) is 5.56 Å². The summed E-state index contributed by atoms with van der Waals surface area (Å²) in [4.78, 5) is 21.4. The Kier molecular flexibility index (Phi) is 5.97. The Morgan fingerprint density at radius 3 is 2.63 bits per heavy atom. The van der Waals surface area contributed by atoms with Gasteiger partial charge in [-0.3, -0.25) is 9.69 Å². The molecule has 0 fully saturated rings. The van der Waals surface area contributed by atoms with Crippen molar-refractivity contribution >= 4 is 43.4 Å². The molecule has 1 N–H and O–H groups in total. The number of quaternary nitrogens is 1. The molecule has 0 spiro atoms. The van der Waals surface area contributed by atoms with Crippen molar-refractivity contribution < 1.29 is 14.4 Å². The first-order chi connectivity index (χ1) is 14.5. The molecular weight excluding hydrogens is 394 g/mol. The van der Waals surface area contributed by atoms with E-state index in [1.165, 1.54) is 16.2 Å². The molecule has 6 heteroatoms. The van der Waals surface area contributed by atoms with Crippen molar-refractivity contribution in [2.75, 3.05) is 38.7 Å². The van der Waals surface area contributed by atoms with Gasteiger partial charge in [0.2, 0.25) is 0 Å². The van der Waals surface area contributed by atoms with Gasteiger partial charge in [-0.1, -0.05) is 41.7 Å². The molecule has 1 amide bonds. The number of anilines is 1. The quantitative estimate of drug-likeness (QED) is 0.497. The number of nitrogens with zero attached hydrogens (tertiary/aromatic N) is 2. The maximum absolute atomic E-state index is 13.5. The molecule has 154 valence electrons. The van der Waals surface area contributed by atoms with Crippen LogP contribution in [0.2, 0.25) is 0 Å². The lowest BCUT2D eigenvalue weighted by molar-refractivity contribution is -0.856. The van der Waals surface area contributed by atoms with Crippen molar-refractivity contribution in [2.24, 2.45) is 0 Å². The van der Waals surface area contributed by atoms with Crippen LogP contribution in [-0.4, -0.2) is 44.7 Å². The fourth-order valence-electron chi connectivity index (χ4n) is 3.36. The van der Waals surface area contributed by atoms with Gasteiger partial charge in [-0.25, -0.2) is 4.98 Å². The third-order valence-corrected chi connectivity index (χ3v) is 6.01. The lowest BCUT2D eigenvalue weighted by atomic mass is 10.1. The molecule has 4 rings (SSSR count). The van der Waals surface area contributed by atoms with Crippen LogP contribution in [0.15, 0.2) is 60.7 Å². The van der Waals surface area contributed by atoms with E-state index < -0.39 is 0 Å². The highest BCUT2D eigenvalue weighted by Gasteiger charge is 2.22. The van der Waals surface area contributed by atoms with E-state index in [-0.39, 0.29) is 5.91 Å². The lowest BCUT2D eigenvalue weighted by Crippen LogP contribution is -3.06. The largest absolute Gasteiger partial charge is 0.494 e. The predicted molar refractivity (Wildman–Crippen MR) is 124 cm³/mol.